The maximum Gasteiger partial charge on any atom is 0.326 e. The molecule has 0 fully saturated rings. The fraction of sp³-hybridized carbons (Fsp3) is 0.714. The van der Waals surface area contributed by atoms with Crippen molar-refractivity contribution < 1.29 is 39.0 Å². The van der Waals surface area contributed by atoms with Crippen molar-refractivity contribution in [3.63, 3.8) is 0 Å². The summed E-state index contributed by atoms with van der Waals surface area (Å²) in [6.07, 6.45) is 1.62. The Bertz CT molecular complexity index is 766. The summed E-state index contributed by atoms with van der Waals surface area (Å²) >= 11 is 1.44. The lowest BCUT2D eigenvalue weighted by Crippen LogP contribution is -2.58. The van der Waals surface area contributed by atoms with Gasteiger partial charge in [-0.05, 0) is 37.2 Å². The molecule has 0 aromatic rings. The molecule has 0 aliphatic carbocycles. The predicted molar refractivity (Wildman–Crippen MR) is 129 cm³/mol. The number of nitrogens with two attached hydrogens (primary N) is 2. The zero-order chi connectivity index (χ0) is 27.1. The van der Waals surface area contributed by atoms with E-state index in [1.54, 1.807) is 13.8 Å². The van der Waals surface area contributed by atoms with Crippen molar-refractivity contribution >= 4 is 47.3 Å². The molecule has 0 aliphatic rings. The lowest BCUT2D eigenvalue weighted by Gasteiger charge is -2.28. The van der Waals surface area contributed by atoms with Crippen LogP contribution in [0.4, 0.5) is 0 Å². The van der Waals surface area contributed by atoms with E-state index >= 15 is 0 Å². The van der Waals surface area contributed by atoms with Gasteiger partial charge in [-0.3, -0.25) is 24.0 Å². The Labute approximate surface area is 208 Å². The fourth-order valence-electron chi connectivity index (χ4n) is 2.95. The summed E-state index contributed by atoms with van der Waals surface area (Å²) in [6, 6.07) is -4.67. The predicted octanol–water partition coefficient (Wildman–Crippen LogP) is -1.22. The molecular weight excluding hydrogens is 482 g/mol. The Hall–Kier alpha value is -2.87. The molecule has 9 N–H and O–H groups in total. The van der Waals surface area contributed by atoms with Crippen LogP contribution in [-0.2, 0) is 28.8 Å². The summed E-state index contributed by atoms with van der Waals surface area (Å²) < 4.78 is 0. The minimum absolute atomic E-state index is 0.00283. The molecule has 0 bridgehead atoms. The Kier molecular flexibility index (Phi) is 15.3. The SMILES string of the molecule is CCC(C)C(NC(=O)C(CCSC)NC(=O)C(N)CCC(N)=O)C(=O)NC(CCC(=O)O)C(=O)O. The first kappa shape index (κ1) is 32.1. The van der Waals surface area contributed by atoms with Crippen LogP contribution in [-0.4, -0.2) is 82.0 Å². The van der Waals surface area contributed by atoms with Crippen LogP contribution in [0.5, 0.6) is 0 Å². The normalized spacial score (nSPS) is 15.1. The zero-order valence-corrected chi connectivity index (χ0v) is 21.1. The molecule has 35 heavy (non-hydrogen) atoms. The summed E-state index contributed by atoms with van der Waals surface area (Å²) in [5.41, 5.74) is 10.8. The van der Waals surface area contributed by atoms with Gasteiger partial charge in [0.1, 0.15) is 18.1 Å². The molecule has 200 valence electrons. The first-order chi connectivity index (χ1) is 16.3. The molecule has 4 amide bonds. The molecule has 0 radical (unpaired) electrons. The van der Waals surface area contributed by atoms with E-state index in [4.69, 9.17) is 16.6 Å². The molecule has 5 unspecified atom stereocenters. The maximum absolute atomic E-state index is 13.0. The van der Waals surface area contributed by atoms with Gasteiger partial charge in [-0.25, -0.2) is 4.79 Å². The van der Waals surface area contributed by atoms with Crippen LogP contribution in [0.15, 0.2) is 0 Å². The summed E-state index contributed by atoms with van der Waals surface area (Å²) in [7, 11) is 0. The van der Waals surface area contributed by atoms with E-state index in [1.165, 1.54) is 11.8 Å². The van der Waals surface area contributed by atoms with Crippen molar-refractivity contribution in [2.45, 2.75) is 76.5 Å². The van der Waals surface area contributed by atoms with E-state index in [0.29, 0.717) is 12.2 Å². The molecule has 0 rings (SSSR count). The minimum atomic E-state index is -1.45. The van der Waals surface area contributed by atoms with E-state index in [0.717, 1.165) is 0 Å². The van der Waals surface area contributed by atoms with E-state index in [2.05, 4.69) is 16.0 Å². The van der Waals surface area contributed by atoms with E-state index in [1.807, 2.05) is 6.26 Å². The average Bonchev–Trinajstić information content (AvgIpc) is 2.79. The fourth-order valence-corrected chi connectivity index (χ4v) is 3.43. The monoisotopic (exact) mass is 519 g/mol. The van der Waals surface area contributed by atoms with Crippen molar-refractivity contribution in [2.75, 3.05) is 12.0 Å². The van der Waals surface area contributed by atoms with Crippen molar-refractivity contribution in [3.8, 4) is 0 Å². The Morgan fingerprint density at radius 2 is 1.46 bits per heavy atom. The number of thioether (sulfide) groups is 1. The van der Waals surface area contributed by atoms with Gasteiger partial charge in [0.2, 0.25) is 23.6 Å². The van der Waals surface area contributed by atoms with Crippen molar-refractivity contribution in [2.24, 2.45) is 17.4 Å². The van der Waals surface area contributed by atoms with Gasteiger partial charge in [0, 0.05) is 12.8 Å². The Morgan fingerprint density at radius 3 is 1.94 bits per heavy atom. The molecule has 0 aromatic heterocycles. The van der Waals surface area contributed by atoms with Crippen LogP contribution in [0.2, 0.25) is 0 Å². The number of nitrogens with one attached hydrogen (secondary N) is 3. The van der Waals surface area contributed by atoms with Crippen LogP contribution < -0.4 is 27.4 Å². The molecule has 0 saturated heterocycles. The molecule has 0 aromatic carbocycles. The van der Waals surface area contributed by atoms with E-state index in [9.17, 15) is 33.9 Å². The van der Waals surface area contributed by atoms with E-state index in [-0.39, 0.29) is 25.7 Å². The number of carboxylic acid groups (broad SMARTS) is 2. The Balaban J connectivity index is 5.49. The highest BCUT2D eigenvalue weighted by Gasteiger charge is 2.32. The number of amides is 4. The lowest BCUT2D eigenvalue weighted by molar-refractivity contribution is -0.143. The van der Waals surface area contributed by atoms with Gasteiger partial charge in [0.15, 0.2) is 0 Å². The molecule has 5 atom stereocenters. The van der Waals surface area contributed by atoms with Crippen LogP contribution in [0, 0.1) is 5.92 Å². The summed E-state index contributed by atoms with van der Waals surface area (Å²) in [5, 5.41) is 25.5. The number of rotatable bonds is 18. The maximum atomic E-state index is 13.0. The number of carboxylic acids is 2. The number of hydrogen-bond acceptors (Lipinski definition) is 8. The van der Waals surface area contributed by atoms with Crippen LogP contribution in [0.3, 0.4) is 0 Å². The van der Waals surface area contributed by atoms with Gasteiger partial charge >= 0.3 is 11.9 Å². The molecule has 0 spiro atoms. The topological polar surface area (TPSA) is 231 Å². The average molecular weight is 520 g/mol. The second-order valence-electron chi connectivity index (χ2n) is 8.16. The quantitative estimate of drug-likeness (QED) is 0.114. The third kappa shape index (κ3) is 13.0. The molecule has 0 aliphatic heterocycles. The standard InChI is InChI=1S/C21H37N5O8S/c1-4-11(2)17(20(32)25-14(21(33)34)6-8-16(28)29)26-19(31)13(9-10-35-3)24-18(30)12(22)5-7-15(23)27/h11-14,17H,4-10,22H2,1-3H3,(H2,23,27)(H,24,30)(H,25,32)(H,26,31)(H,28,29)(H,33,34). The van der Waals surface area contributed by atoms with Crippen LogP contribution in [0.1, 0.15) is 52.4 Å². The largest absolute Gasteiger partial charge is 0.481 e. The number of aliphatic carboxylic acids is 2. The van der Waals surface area contributed by atoms with E-state index < -0.39 is 72.1 Å². The molecular formula is C21H37N5O8S. The van der Waals surface area contributed by atoms with Crippen molar-refractivity contribution in [1.82, 2.24) is 16.0 Å². The number of carbonyl (C=O) groups is 6. The zero-order valence-electron chi connectivity index (χ0n) is 20.2. The second kappa shape index (κ2) is 16.7. The van der Waals surface area contributed by atoms with Gasteiger partial charge in [-0.1, -0.05) is 20.3 Å². The second-order valence-corrected chi connectivity index (χ2v) is 9.14. The van der Waals surface area contributed by atoms with Crippen LogP contribution >= 0.6 is 11.8 Å². The number of hydrogen-bond donors (Lipinski definition) is 7. The highest BCUT2D eigenvalue weighted by molar-refractivity contribution is 7.98. The molecule has 0 heterocycles. The highest BCUT2D eigenvalue weighted by Crippen LogP contribution is 2.11. The summed E-state index contributed by atoms with van der Waals surface area (Å²) in [6.45, 7) is 3.47. The molecule has 0 saturated carbocycles. The summed E-state index contributed by atoms with van der Waals surface area (Å²) in [4.78, 5) is 71.5. The third-order valence-corrected chi connectivity index (χ3v) is 5.98. The highest BCUT2D eigenvalue weighted by atomic mass is 32.2. The van der Waals surface area contributed by atoms with Gasteiger partial charge in [0.05, 0.1) is 6.04 Å². The van der Waals surface area contributed by atoms with Crippen molar-refractivity contribution in [3.05, 3.63) is 0 Å². The molecule has 13 nitrogen and oxygen atoms in total. The first-order valence-corrected chi connectivity index (χ1v) is 12.6. The van der Waals surface area contributed by atoms with Gasteiger partial charge in [-0.2, -0.15) is 11.8 Å². The number of primary amides is 1. The van der Waals surface area contributed by atoms with Crippen molar-refractivity contribution in [1.29, 1.82) is 0 Å². The Morgan fingerprint density at radius 1 is 0.857 bits per heavy atom. The van der Waals surface area contributed by atoms with Gasteiger partial charge < -0.3 is 37.6 Å². The minimum Gasteiger partial charge on any atom is -0.481 e. The lowest BCUT2D eigenvalue weighted by atomic mass is 9.97. The smallest absolute Gasteiger partial charge is 0.326 e. The molecule has 14 heteroatoms. The summed E-state index contributed by atoms with van der Waals surface area (Å²) in [5.74, 6) is -5.21. The van der Waals surface area contributed by atoms with Gasteiger partial charge in [0.25, 0.3) is 0 Å². The number of carbonyl (C=O) groups excluding carboxylic acids is 4. The van der Waals surface area contributed by atoms with Crippen LogP contribution in [0.25, 0.3) is 0 Å². The first-order valence-electron chi connectivity index (χ1n) is 11.2. The van der Waals surface area contributed by atoms with Gasteiger partial charge in [-0.15, -0.1) is 0 Å². The third-order valence-electron chi connectivity index (χ3n) is 5.34.